The first-order valence-corrected chi connectivity index (χ1v) is 9.38. The molecule has 0 fully saturated rings. The molecule has 0 unspecified atom stereocenters. The molecule has 0 bridgehead atoms. The van der Waals surface area contributed by atoms with Crippen molar-refractivity contribution in [1.29, 1.82) is 0 Å². The summed E-state index contributed by atoms with van der Waals surface area (Å²) in [5.74, 6) is 0.0742. The summed E-state index contributed by atoms with van der Waals surface area (Å²) in [6.07, 6.45) is 6.25. The molecule has 1 aromatic carbocycles. The molecule has 26 heavy (non-hydrogen) atoms. The zero-order valence-corrected chi connectivity index (χ0v) is 15.8. The smallest absolute Gasteiger partial charge is 0.283 e. The Balaban J connectivity index is 1.96. The second-order valence-electron chi connectivity index (χ2n) is 5.65. The van der Waals surface area contributed by atoms with Gasteiger partial charge in [0.25, 0.3) is 5.56 Å². The van der Waals surface area contributed by atoms with Crippen molar-refractivity contribution in [2.24, 2.45) is 0 Å². The summed E-state index contributed by atoms with van der Waals surface area (Å²) in [7, 11) is 0. The molecule has 2 N–H and O–H groups in total. The van der Waals surface area contributed by atoms with E-state index in [9.17, 15) is 9.59 Å². The third-order valence-electron chi connectivity index (χ3n) is 3.99. The number of benzene rings is 1. The maximum Gasteiger partial charge on any atom is 0.283 e. The molecule has 0 atom stereocenters. The molecule has 0 amide bonds. The lowest BCUT2D eigenvalue weighted by atomic mass is 10.0. The number of hydrogen-bond acceptors (Lipinski definition) is 5. The van der Waals surface area contributed by atoms with Crippen LogP contribution in [0.4, 0.5) is 5.82 Å². The monoisotopic (exact) mass is 425 g/mol. The third-order valence-corrected chi connectivity index (χ3v) is 5.31. The number of nitrogens with zero attached hydrogens (tertiary/aromatic N) is 2. The molecule has 3 aromatic rings. The Kier molecular flexibility index (Phi) is 4.18. The van der Waals surface area contributed by atoms with E-state index in [4.69, 9.17) is 5.73 Å². The Bertz CT molecular complexity index is 1190. The fourth-order valence-corrected chi connectivity index (χ4v) is 4.01. The molecule has 0 saturated carbocycles. The molecule has 7 heteroatoms. The van der Waals surface area contributed by atoms with Gasteiger partial charge in [-0.2, -0.15) is 4.98 Å². The maximum absolute atomic E-state index is 12.5. The molecule has 2 heterocycles. The van der Waals surface area contributed by atoms with Gasteiger partial charge in [0, 0.05) is 15.4 Å². The van der Waals surface area contributed by atoms with Gasteiger partial charge in [0.05, 0.1) is 11.3 Å². The van der Waals surface area contributed by atoms with Crippen LogP contribution in [-0.2, 0) is 4.79 Å². The average molecular weight is 426 g/mol. The number of carbonyl (C=O) groups is 1. The number of halogens is 1. The lowest BCUT2D eigenvalue weighted by Gasteiger charge is -2.09. The lowest BCUT2D eigenvalue weighted by Crippen LogP contribution is -2.17. The fourth-order valence-electron chi connectivity index (χ4n) is 2.73. The van der Waals surface area contributed by atoms with Crippen LogP contribution in [0, 0.1) is 0 Å². The zero-order chi connectivity index (χ0) is 18.3. The highest BCUT2D eigenvalue weighted by Crippen LogP contribution is 2.29. The molecule has 1 aliphatic carbocycles. The van der Waals surface area contributed by atoms with E-state index in [2.05, 4.69) is 20.9 Å². The third kappa shape index (κ3) is 2.85. The van der Waals surface area contributed by atoms with Crippen LogP contribution in [0.1, 0.15) is 5.56 Å². The Morgan fingerprint density at radius 3 is 2.69 bits per heavy atom. The summed E-state index contributed by atoms with van der Waals surface area (Å²) in [6.45, 7) is 0. The van der Waals surface area contributed by atoms with Crippen molar-refractivity contribution in [3.05, 3.63) is 79.9 Å². The van der Waals surface area contributed by atoms with Crippen molar-refractivity contribution in [3.63, 3.8) is 0 Å². The number of ketones is 1. The summed E-state index contributed by atoms with van der Waals surface area (Å²) in [4.78, 5) is 29.2. The lowest BCUT2D eigenvalue weighted by molar-refractivity contribution is -0.111. The normalized spacial score (nSPS) is 15.7. The minimum absolute atomic E-state index is 0.189. The minimum Gasteiger partial charge on any atom is -0.384 e. The van der Waals surface area contributed by atoms with Gasteiger partial charge in [-0.15, -0.1) is 11.3 Å². The van der Waals surface area contributed by atoms with Crippen molar-refractivity contribution < 1.29 is 4.79 Å². The summed E-state index contributed by atoms with van der Waals surface area (Å²) >= 11 is 4.68. The zero-order valence-electron chi connectivity index (χ0n) is 13.3. The van der Waals surface area contributed by atoms with E-state index in [0.717, 1.165) is 15.7 Å². The van der Waals surface area contributed by atoms with Gasteiger partial charge >= 0.3 is 0 Å². The van der Waals surface area contributed by atoms with Crippen molar-refractivity contribution in [1.82, 2.24) is 9.38 Å². The number of hydrogen-bond donors (Lipinski definition) is 1. The summed E-state index contributed by atoms with van der Waals surface area (Å²) in [5.41, 5.74) is 8.26. The summed E-state index contributed by atoms with van der Waals surface area (Å²) in [5, 5.41) is 1.91. The molecule has 128 valence electrons. The van der Waals surface area contributed by atoms with E-state index in [-0.39, 0.29) is 17.2 Å². The first-order valence-electron chi connectivity index (χ1n) is 7.71. The van der Waals surface area contributed by atoms with E-state index < -0.39 is 5.56 Å². The van der Waals surface area contributed by atoms with Crippen LogP contribution in [0.25, 0.3) is 22.3 Å². The SMILES string of the molecule is Nc1c(/C=C2\C=C(Br)C=CC2=O)c(=O)nc2scc(-c3ccccc3)n12. The molecule has 0 saturated heterocycles. The predicted molar refractivity (Wildman–Crippen MR) is 108 cm³/mol. The highest BCUT2D eigenvalue weighted by atomic mass is 79.9. The van der Waals surface area contributed by atoms with E-state index in [1.807, 2.05) is 35.7 Å². The van der Waals surface area contributed by atoms with Crippen molar-refractivity contribution >= 4 is 49.9 Å². The summed E-state index contributed by atoms with van der Waals surface area (Å²) < 4.78 is 2.49. The Hall–Kier alpha value is -2.77. The van der Waals surface area contributed by atoms with Gasteiger partial charge in [-0.25, -0.2) is 0 Å². The number of carbonyl (C=O) groups excluding carboxylic acids is 1. The van der Waals surface area contributed by atoms with Crippen LogP contribution in [-0.4, -0.2) is 15.2 Å². The standard InChI is InChI=1S/C19H12BrN3O2S/c20-13-6-7-16(24)12(8-13)9-14-17(21)23-15(11-4-2-1-3-5-11)10-26-19(23)22-18(14)25/h1-10H,21H2/b12-9+. The van der Waals surface area contributed by atoms with Crippen LogP contribution in [0.15, 0.2) is 68.8 Å². The first kappa shape index (κ1) is 16.7. The average Bonchev–Trinajstić information content (AvgIpc) is 3.06. The fraction of sp³-hybridized carbons (Fsp3) is 0. The van der Waals surface area contributed by atoms with Crippen LogP contribution < -0.4 is 11.3 Å². The number of allylic oxidation sites excluding steroid dienone is 5. The molecule has 4 rings (SSSR count). The Morgan fingerprint density at radius 1 is 1.15 bits per heavy atom. The number of rotatable bonds is 2. The Morgan fingerprint density at radius 2 is 1.92 bits per heavy atom. The van der Waals surface area contributed by atoms with Crippen LogP contribution in [0.3, 0.4) is 0 Å². The van der Waals surface area contributed by atoms with Crippen molar-refractivity contribution in [3.8, 4) is 11.3 Å². The number of thiazole rings is 1. The Labute approximate surface area is 160 Å². The number of nitrogens with two attached hydrogens (primary N) is 1. The number of fused-ring (bicyclic) bond motifs is 1. The van der Waals surface area contributed by atoms with Crippen molar-refractivity contribution in [2.75, 3.05) is 5.73 Å². The van der Waals surface area contributed by atoms with E-state index >= 15 is 0 Å². The molecule has 5 nitrogen and oxygen atoms in total. The van der Waals surface area contributed by atoms with Gasteiger partial charge in [0.1, 0.15) is 5.82 Å². The van der Waals surface area contributed by atoms with Gasteiger partial charge in [0.2, 0.25) is 0 Å². The van der Waals surface area contributed by atoms with E-state index in [1.54, 1.807) is 16.6 Å². The molecule has 0 radical (unpaired) electrons. The maximum atomic E-state index is 12.5. The molecule has 0 aliphatic heterocycles. The number of aromatic nitrogens is 2. The molecule has 2 aromatic heterocycles. The topological polar surface area (TPSA) is 77.5 Å². The first-order chi connectivity index (χ1) is 12.5. The number of anilines is 1. The highest BCUT2D eigenvalue weighted by Gasteiger charge is 2.17. The molecular weight excluding hydrogens is 414 g/mol. The quantitative estimate of drug-likeness (QED) is 0.633. The van der Waals surface area contributed by atoms with Gasteiger partial charge in [0.15, 0.2) is 10.7 Å². The molecule has 1 aliphatic rings. The second-order valence-corrected chi connectivity index (χ2v) is 7.40. The predicted octanol–water partition coefficient (Wildman–Crippen LogP) is 3.81. The van der Waals surface area contributed by atoms with Gasteiger partial charge < -0.3 is 5.73 Å². The van der Waals surface area contributed by atoms with Gasteiger partial charge in [-0.05, 0) is 29.9 Å². The number of nitrogen functional groups attached to an aromatic ring is 1. The minimum atomic E-state index is -0.455. The van der Waals surface area contributed by atoms with Crippen molar-refractivity contribution in [2.45, 2.75) is 0 Å². The van der Waals surface area contributed by atoms with Crippen LogP contribution in [0.2, 0.25) is 0 Å². The van der Waals surface area contributed by atoms with E-state index in [1.165, 1.54) is 23.5 Å². The summed E-state index contributed by atoms with van der Waals surface area (Å²) in [6, 6.07) is 9.73. The van der Waals surface area contributed by atoms with E-state index in [0.29, 0.717) is 10.5 Å². The molecular formula is C19H12BrN3O2S. The highest BCUT2D eigenvalue weighted by molar-refractivity contribution is 9.11. The molecule has 0 spiro atoms. The van der Waals surface area contributed by atoms with Gasteiger partial charge in [-0.3, -0.25) is 14.0 Å². The second kappa shape index (κ2) is 6.51. The van der Waals surface area contributed by atoms with Crippen LogP contribution in [0.5, 0.6) is 0 Å². The van der Waals surface area contributed by atoms with Gasteiger partial charge in [-0.1, -0.05) is 46.3 Å². The van der Waals surface area contributed by atoms with Crippen LogP contribution >= 0.6 is 27.3 Å². The largest absolute Gasteiger partial charge is 0.384 e.